The van der Waals surface area contributed by atoms with E-state index in [9.17, 15) is 0 Å². The Morgan fingerprint density at radius 3 is 1.72 bits per heavy atom. The van der Waals surface area contributed by atoms with Gasteiger partial charge in [0.1, 0.15) is 0 Å². The molecule has 0 atom stereocenters. The minimum absolute atomic E-state index is 0.613. The first-order chi connectivity index (χ1) is 8.51. The third-order valence-electron chi connectivity index (χ3n) is 6.42. The molecule has 0 heterocycles. The summed E-state index contributed by atoms with van der Waals surface area (Å²) in [5, 5.41) is 0. The van der Waals surface area contributed by atoms with E-state index in [1.54, 1.807) is 0 Å². The topological polar surface area (TPSA) is 0 Å². The van der Waals surface area contributed by atoms with Gasteiger partial charge in [-0.1, -0.05) is 47.0 Å². The highest BCUT2D eigenvalue weighted by Gasteiger charge is 2.39. The molecule has 0 aliphatic heterocycles. The van der Waals surface area contributed by atoms with Gasteiger partial charge < -0.3 is 0 Å². The van der Waals surface area contributed by atoms with Gasteiger partial charge in [0.15, 0.2) is 0 Å². The normalized spacial score (nSPS) is 31.8. The summed E-state index contributed by atoms with van der Waals surface area (Å²) in [6.07, 6.45) is 13.5. The summed E-state index contributed by atoms with van der Waals surface area (Å²) >= 11 is 0. The Labute approximate surface area is 115 Å². The van der Waals surface area contributed by atoms with Gasteiger partial charge in [-0.3, -0.25) is 0 Å². The molecule has 0 aromatic rings. The quantitative estimate of drug-likeness (QED) is 0.571. The molecule has 18 heavy (non-hydrogen) atoms. The molecule has 0 heteroatoms. The highest BCUT2D eigenvalue weighted by atomic mass is 14.4. The molecule has 0 aromatic carbocycles. The largest absolute Gasteiger partial charge is 0.0625 e. The summed E-state index contributed by atoms with van der Waals surface area (Å²) in [5.74, 6) is 3.95. The Hall–Kier alpha value is 0. The molecule has 0 unspecified atom stereocenters. The molecule has 0 nitrogen and oxygen atoms in total. The molecule has 0 N–H and O–H groups in total. The first-order valence-electron chi connectivity index (χ1n) is 8.51. The van der Waals surface area contributed by atoms with Crippen molar-refractivity contribution in [1.82, 2.24) is 0 Å². The molecular weight excluding hydrogens is 216 g/mol. The van der Waals surface area contributed by atoms with Crippen LogP contribution in [-0.4, -0.2) is 0 Å². The molecule has 0 saturated heterocycles. The lowest BCUT2D eigenvalue weighted by molar-refractivity contribution is 0.0423. The Kier molecular flexibility index (Phi) is 4.78. The van der Waals surface area contributed by atoms with Crippen molar-refractivity contribution in [2.75, 3.05) is 0 Å². The predicted molar refractivity (Wildman–Crippen MR) is 80.6 cm³/mol. The van der Waals surface area contributed by atoms with Crippen LogP contribution in [0, 0.1) is 29.1 Å². The molecule has 106 valence electrons. The SMILES string of the molecule is CC(C)C1CCC(C(C)(C)C2CCCCC2)CC1. The van der Waals surface area contributed by atoms with Gasteiger partial charge in [0, 0.05) is 0 Å². The monoisotopic (exact) mass is 250 g/mol. The molecule has 0 bridgehead atoms. The van der Waals surface area contributed by atoms with Crippen LogP contribution in [0.2, 0.25) is 0 Å². The van der Waals surface area contributed by atoms with Crippen molar-refractivity contribution in [1.29, 1.82) is 0 Å². The second-order valence-electron chi connectivity index (χ2n) is 8.01. The van der Waals surface area contributed by atoms with Crippen LogP contribution in [0.25, 0.3) is 0 Å². The van der Waals surface area contributed by atoms with Crippen molar-refractivity contribution in [2.24, 2.45) is 29.1 Å². The van der Waals surface area contributed by atoms with Gasteiger partial charge in [0.2, 0.25) is 0 Å². The molecule has 2 rings (SSSR count). The van der Waals surface area contributed by atoms with Crippen LogP contribution in [0.3, 0.4) is 0 Å². The van der Waals surface area contributed by atoms with Gasteiger partial charge in [0.25, 0.3) is 0 Å². The van der Waals surface area contributed by atoms with Crippen LogP contribution in [0.5, 0.6) is 0 Å². The van der Waals surface area contributed by atoms with Crippen molar-refractivity contribution >= 4 is 0 Å². The fraction of sp³-hybridized carbons (Fsp3) is 1.00. The molecule has 0 spiro atoms. The van der Waals surface area contributed by atoms with E-state index < -0.39 is 0 Å². The van der Waals surface area contributed by atoms with Gasteiger partial charge in [-0.2, -0.15) is 0 Å². The van der Waals surface area contributed by atoms with Crippen molar-refractivity contribution in [3.63, 3.8) is 0 Å². The van der Waals surface area contributed by atoms with E-state index in [0.717, 1.165) is 23.7 Å². The van der Waals surface area contributed by atoms with E-state index in [1.165, 1.54) is 57.8 Å². The van der Waals surface area contributed by atoms with Crippen molar-refractivity contribution in [2.45, 2.75) is 85.5 Å². The Morgan fingerprint density at radius 2 is 1.22 bits per heavy atom. The Bertz CT molecular complexity index is 237. The standard InChI is InChI=1S/C18H34/c1-14(2)15-10-12-17(13-11-15)18(3,4)16-8-6-5-7-9-16/h14-17H,5-13H2,1-4H3. The summed E-state index contributed by atoms with van der Waals surface area (Å²) in [4.78, 5) is 0. The molecule has 0 aromatic heterocycles. The molecule has 2 aliphatic carbocycles. The third-order valence-corrected chi connectivity index (χ3v) is 6.42. The van der Waals surface area contributed by atoms with E-state index in [4.69, 9.17) is 0 Å². The van der Waals surface area contributed by atoms with Crippen LogP contribution < -0.4 is 0 Å². The van der Waals surface area contributed by atoms with E-state index in [0.29, 0.717) is 5.41 Å². The number of hydrogen-bond donors (Lipinski definition) is 0. The Morgan fingerprint density at radius 1 is 0.722 bits per heavy atom. The Balaban J connectivity index is 1.90. The minimum Gasteiger partial charge on any atom is -0.0625 e. The fourth-order valence-corrected chi connectivity index (χ4v) is 4.71. The fourth-order valence-electron chi connectivity index (χ4n) is 4.71. The van der Waals surface area contributed by atoms with Crippen molar-refractivity contribution in [3.8, 4) is 0 Å². The van der Waals surface area contributed by atoms with Crippen molar-refractivity contribution in [3.05, 3.63) is 0 Å². The average molecular weight is 250 g/mol. The molecule has 2 saturated carbocycles. The lowest BCUT2D eigenvalue weighted by atomic mass is 9.59. The minimum atomic E-state index is 0.613. The van der Waals surface area contributed by atoms with Gasteiger partial charge in [-0.25, -0.2) is 0 Å². The average Bonchev–Trinajstić information content (AvgIpc) is 2.40. The molecule has 2 fully saturated rings. The van der Waals surface area contributed by atoms with Gasteiger partial charge in [-0.05, 0) is 67.6 Å². The number of rotatable bonds is 3. The molecular formula is C18H34. The lowest BCUT2D eigenvalue weighted by Crippen LogP contribution is -2.36. The molecule has 0 radical (unpaired) electrons. The van der Waals surface area contributed by atoms with Crippen molar-refractivity contribution < 1.29 is 0 Å². The lowest BCUT2D eigenvalue weighted by Gasteiger charge is -2.46. The molecule has 0 amide bonds. The zero-order valence-corrected chi connectivity index (χ0v) is 13.2. The highest BCUT2D eigenvalue weighted by Crippen LogP contribution is 2.49. The maximum Gasteiger partial charge on any atom is -0.0298 e. The second-order valence-corrected chi connectivity index (χ2v) is 8.01. The zero-order valence-electron chi connectivity index (χ0n) is 13.2. The maximum absolute atomic E-state index is 2.59. The summed E-state index contributed by atoms with van der Waals surface area (Å²) < 4.78 is 0. The van der Waals surface area contributed by atoms with E-state index >= 15 is 0 Å². The highest BCUT2D eigenvalue weighted by molar-refractivity contribution is 4.89. The zero-order chi connectivity index (χ0) is 13.2. The van der Waals surface area contributed by atoms with E-state index in [1.807, 2.05) is 0 Å². The van der Waals surface area contributed by atoms with Gasteiger partial charge in [-0.15, -0.1) is 0 Å². The third kappa shape index (κ3) is 3.11. The first kappa shape index (κ1) is 14.4. The number of hydrogen-bond acceptors (Lipinski definition) is 0. The van der Waals surface area contributed by atoms with Gasteiger partial charge >= 0.3 is 0 Å². The van der Waals surface area contributed by atoms with Crippen LogP contribution in [0.1, 0.15) is 85.5 Å². The summed E-state index contributed by atoms with van der Waals surface area (Å²) in [5.41, 5.74) is 0.613. The van der Waals surface area contributed by atoms with Gasteiger partial charge in [0.05, 0.1) is 0 Å². The van der Waals surface area contributed by atoms with Crippen LogP contribution in [0.15, 0.2) is 0 Å². The predicted octanol–water partition coefficient (Wildman–Crippen LogP) is 6.06. The summed E-state index contributed by atoms with van der Waals surface area (Å²) in [7, 11) is 0. The molecule has 2 aliphatic rings. The smallest absolute Gasteiger partial charge is 0.0298 e. The van der Waals surface area contributed by atoms with E-state index in [2.05, 4.69) is 27.7 Å². The van der Waals surface area contributed by atoms with Crippen LogP contribution in [0.4, 0.5) is 0 Å². The van der Waals surface area contributed by atoms with E-state index in [-0.39, 0.29) is 0 Å². The first-order valence-corrected chi connectivity index (χ1v) is 8.51. The maximum atomic E-state index is 2.59. The van der Waals surface area contributed by atoms with Crippen LogP contribution >= 0.6 is 0 Å². The second kappa shape index (κ2) is 5.97. The van der Waals surface area contributed by atoms with Crippen LogP contribution in [-0.2, 0) is 0 Å². The summed E-state index contributed by atoms with van der Waals surface area (Å²) in [6.45, 7) is 10.0. The summed E-state index contributed by atoms with van der Waals surface area (Å²) in [6, 6.07) is 0.